The third kappa shape index (κ3) is 2.09. The Bertz CT molecular complexity index is 938. The molecule has 2 fully saturated rings. The molecule has 0 N–H and O–H groups in total. The SMILES string of the molecule is CCOS(=O)(=O)O[C@H]1C2C3[C@@H]2c2c(F)c(F)c(F)c(F)c2[C@@H]1[C@H]3[N+](=O)[O-]. The first-order valence-electron chi connectivity index (χ1n) is 7.69. The third-order valence-corrected chi connectivity index (χ3v) is 6.35. The molecule has 0 aromatic heterocycles. The molecule has 0 radical (unpaired) electrons. The van der Waals surface area contributed by atoms with E-state index in [1.807, 2.05) is 0 Å². The third-order valence-electron chi connectivity index (χ3n) is 5.37. The van der Waals surface area contributed by atoms with Gasteiger partial charge in [0.25, 0.3) is 0 Å². The highest BCUT2D eigenvalue weighted by atomic mass is 32.3. The summed E-state index contributed by atoms with van der Waals surface area (Å²) in [6.07, 6.45) is -1.41. The average Bonchev–Trinajstić information content (AvgIpc) is 3.21. The lowest BCUT2D eigenvalue weighted by Gasteiger charge is -2.33. The molecule has 26 heavy (non-hydrogen) atoms. The van der Waals surface area contributed by atoms with Crippen LogP contribution in [0.3, 0.4) is 0 Å². The highest BCUT2D eigenvalue weighted by Gasteiger charge is 2.79. The minimum atomic E-state index is -4.54. The lowest BCUT2D eigenvalue weighted by Crippen LogP contribution is -2.41. The molecule has 0 heterocycles. The zero-order valence-electron chi connectivity index (χ0n) is 13.0. The van der Waals surface area contributed by atoms with E-state index in [2.05, 4.69) is 4.18 Å². The molecule has 0 amide bonds. The number of hydrogen-bond donors (Lipinski definition) is 0. The molecule has 0 spiro atoms. The normalized spacial score (nSPS) is 33.9. The van der Waals surface area contributed by atoms with Crippen molar-refractivity contribution in [3.63, 3.8) is 0 Å². The minimum absolute atomic E-state index is 0.269. The molecule has 4 bridgehead atoms. The van der Waals surface area contributed by atoms with Crippen LogP contribution < -0.4 is 0 Å². The summed E-state index contributed by atoms with van der Waals surface area (Å²) in [7, 11) is -4.54. The van der Waals surface area contributed by atoms with Gasteiger partial charge < -0.3 is 0 Å². The van der Waals surface area contributed by atoms with E-state index in [0.29, 0.717) is 0 Å². The maximum atomic E-state index is 14.3. The Kier molecular flexibility index (Phi) is 3.63. The Hall–Kier alpha value is -1.79. The van der Waals surface area contributed by atoms with Gasteiger partial charge in [-0.2, -0.15) is 8.42 Å². The summed E-state index contributed by atoms with van der Waals surface area (Å²) in [6.45, 7) is 1.10. The van der Waals surface area contributed by atoms with Crippen LogP contribution in [0, 0.1) is 45.2 Å². The number of rotatable bonds is 5. The molecule has 4 aliphatic carbocycles. The molecule has 2 saturated carbocycles. The predicted molar refractivity (Wildman–Crippen MR) is 74.9 cm³/mol. The van der Waals surface area contributed by atoms with E-state index in [4.69, 9.17) is 4.18 Å². The van der Waals surface area contributed by atoms with Crippen molar-refractivity contribution in [2.24, 2.45) is 11.8 Å². The first-order valence-corrected chi connectivity index (χ1v) is 9.02. The first kappa shape index (κ1) is 17.6. The molecule has 7 nitrogen and oxygen atoms in total. The van der Waals surface area contributed by atoms with Gasteiger partial charge >= 0.3 is 10.4 Å². The number of benzene rings is 1. The Labute approximate surface area is 144 Å². The van der Waals surface area contributed by atoms with E-state index in [0.717, 1.165) is 0 Å². The zero-order chi connectivity index (χ0) is 19.1. The van der Waals surface area contributed by atoms with Gasteiger partial charge in [-0.3, -0.25) is 10.1 Å². The van der Waals surface area contributed by atoms with Crippen LogP contribution in [0.1, 0.15) is 29.9 Å². The second-order valence-electron chi connectivity index (χ2n) is 6.44. The van der Waals surface area contributed by atoms with Crippen LogP contribution in [-0.2, 0) is 18.8 Å². The van der Waals surface area contributed by atoms with Crippen LogP contribution in [-0.4, -0.2) is 32.1 Å². The molecule has 0 aliphatic heterocycles. The van der Waals surface area contributed by atoms with Crippen molar-refractivity contribution in [3.8, 4) is 0 Å². The molecule has 0 saturated heterocycles. The van der Waals surface area contributed by atoms with Crippen molar-refractivity contribution < 1.29 is 39.3 Å². The molecule has 5 rings (SSSR count). The van der Waals surface area contributed by atoms with Gasteiger partial charge in [-0.05, 0) is 6.92 Å². The van der Waals surface area contributed by atoms with Gasteiger partial charge in [0.15, 0.2) is 23.3 Å². The van der Waals surface area contributed by atoms with Crippen LogP contribution in [0.25, 0.3) is 0 Å². The number of nitrogens with zero attached hydrogens (tertiary/aromatic N) is 1. The van der Waals surface area contributed by atoms with Gasteiger partial charge in [-0.25, -0.2) is 25.9 Å². The lowest BCUT2D eigenvalue weighted by atomic mass is 9.75. The fourth-order valence-electron chi connectivity index (χ4n) is 4.64. The fourth-order valence-corrected chi connectivity index (χ4v) is 5.50. The Balaban J connectivity index is 1.87. The summed E-state index contributed by atoms with van der Waals surface area (Å²) in [4.78, 5) is 10.7. The molecular formula is C14H11F4NO6S. The molecule has 1 aromatic carbocycles. The summed E-state index contributed by atoms with van der Waals surface area (Å²) < 4.78 is 88.6. The number of nitro groups is 1. The molecule has 2 unspecified atom stereocenters. The zero-order valence-corrected chi connectivity index (χ0v) is 13.8. The first-order chi connectivity index (χ1) is 12.1. The summed E-state index contributed by atoms with van der Waals surface area (Å²) in [6, 6.07) is -1.49. The maximum absolute atomic E-state index is 14.3. The summed E-state index contributed by atoms with van der Waals surface area (Å²) >= 11 is 0. The summed E-state index contributed by atoms with van der Waals surface area (Å²) in [5.41, 5.74) is -1.19. The van der Waals surface area contributed by atoms with Gasteiger partial charge in [0.1, 0.15) is 0 Å². The molecule has 142 valence electrons. The molecule has 6 atom stereocenters. The van der Waals surface area contributed by atoms with Gasteiger partial charge in [-0.1, -0.05) is 0 Å². The molecule has 1 aromatic rings. The van der Waals surface area contributed by atoms with Crippen molar-refractivity contribution in [3.05, 3.63) is 44.5 Å². The van der Waals surface area contributed by atoms with E-state index >= 15 is 0 Å². The molecule has 4 aliphatic rings. The Morgan fingerprint density at radius 3 is 2.04 bits per heavy atom. The second kappa shape index (κ2) is 5.36. The molecular weight excluding hydrogens is 386 g/mol. The van der Waals surface area contributed by atoms with Gasteiger partial charge in [0.2, 0.25) is 6.04 Å². The van der Waals surface area contributed by atoms with Crippen molar-refractivity contribution in [1.82, 2.24) is 0 Å². The van der Waals surface area contributed by atoms with Gasteiger partial charge in [0, 0.05) is 33.8 Å². The summed E-state index contributed by atoms with van der Waals surface area (Å²) in [5.74, 6) is -11.7. The van der Waals surface area contributed by atoms with Crippen LogP contribution in [0.4, 0.5) is 17.6 Å². The maximum Gasteiger partial charge on any atom is 0.400 e. The smallest absolute Gasteiger partial charge is 0.264 e. The van der Waals surface area contributed by atoms with E-state index < -0.39 is 85.5 Å². The van der Waals surface area contributed by atoms with Gasteiger partial charge in [0.05, 0.1) is 18.6 Å². The Morgan fingerprint density at radius 1 is 1.00 bits per heavy atom. The van der Waals surface area contributed by atoms with Crippen molar-refractivity contribution >= 4 is 10.4 Å². The topological polar surface area (TPSA) is 95.7 Å². The predicted octanol–water partition coefficient (Wildman–Crippen LogP) is 2.00. The quantitative estimate of drug-likeness (QED) is 0.248. The van der Waals surface area contributed by atoms with Crippen LogP contribution in [0.2, 0.25) is 0 Å². The second-order valence-corrected chi connectivity index (χ2v) is 7.69. The standard InChI is InChI=1S/C14H11F4NO6S/c1-2-24-26(22,23)25-14-7-3-4-5(8(14)13(6(3)7)19(20)21)10(16)12(18)11(17)9(4)15/h3,6-8,13-14H,2H2,1H3/t3-,6?,7?,8+,13-,14-/m0/s1. The van der Waals surface area contributed by atoms with Crippen molar-refractivity contribution in [1.29, 1.82) is 0 Å². The highest BCUT2D eigenvalue weighted by Crippen LogP contribution is 2.74. The monoisotopic (exact) mass is 397 g/mol. The van der Waals surface area contributed by atoms with Gasteiger partial charge in [-0.15, -0.1) is 0 Å². The average molecular weight is 397 g/mol. The lowest BCUT2D eigenvalue weighted by molar-refractivity contribution is -0.530. The van der Waals surface area contributed by atoms with Crippen LogP contribution in [0.5, 0.6) is 0 Å². The van der Waals surface area contributed by atoms with E-state index in [9.17, 15) is 36.1 Å². The largest absolute Gasteiger partial charge is 0.400 e. The van der Waals surface area contributed by atoms with Crippen LogP contribution >= 0.6 is 0 Å². The van der Waals surface area contributed by atoms with E-state index in [-0.39, 0.29) is 6.61 Å². The van der Waals surface area contributed by atoms with E-state index in [1.165, 1.54) is 6.92 Å². The van der Waals surface area contributed by atoms with Crippen molar-refractivity contribution in [2.75, 3.05) is 6.61 Å². The molecule has 12 heteroatoms. The van der Waals surface area contributed by atoms with E-state index in [1.54, 1.807) is 0 Å². The number of hydrogen-bond acceptors (Lipinski definition) is 6. The fraction of sp³-hybridized carbons (Fsp3) is 0.571. The minimum Gasteiger partial charge on any atom is -0.264 e. The van der Waals surface area contributed by atoms with Crippen LogP contribution in [0.15, 0.2) is 0 Å². The van der Waals surface area contributed by atoms with Crippen molar-refractivity contribution in [2.45, 2.75) is 30.9 Å². The Morgan fingerprint density at radius 2 is 1.54 bits per heavy atom. The summed E-state index contributed by atoms with van der Waals surface area (Å²) in [5, 5.41) is 11.4. The highest BCUT2D eigenvalue weighted by molar-refractivity contribution is 7.81. The number of halogens is 4.